The molecule has 3 atom stereocenters. The van der Waals surface area contributed by atoms with Crippen LogP contribution in [0.5, 0.6) is 0 Å². The van der Waals surface area contributed by atoms with E-state index < -0.39 is 12.2 Å². The molecule has 0 heterocycles. The maximum Gasteiger partial charge on any atom is 0.129 e. The summed E-state index contributed by atoms with van der Waals surface area (Å²) < 4.78 is 0. The van der Waals surface area contributed by atoms with Crippen LogP contribution in [0.25, 0.3) is 0 Å². The molecule has 0 aromatic carbocycles. The van der Waals surface area contributed by atoms with E-state index in [0.717, 1.165) is 199 Å². The van der Waals surface area contributed by atoms with E-state index in [4.69, 9.17) is 20.4 Å². The highest BCUT2D eigenvalue weighted by Gasteiger charge is 2.15. The second-order valence-corrected chi connectivity index (χ2v) is 33.5. The lowest BCUT2D eigenvalue weighted by Gasteiger charge is -2.17. The highest BCUT2D eigenvalue weighted by molar-refractivity contribution is 5.76. The fourth-order valence-electron chi connectivity index (χ4n) is 13.4. The van der Waals surface area contributed by atoms with Gasteiger partial charge in [0.25, 0.3) is 0 Å². The summed E-state index contributed by atoms with van der Waals surface area (Å²) >= 11 is 0. The number of allylic oxidation sites excluding steroid dienone is 8. The molecule has 0 aromatic heterocycles. The van der Waals surface area contributed by atoms with Crippen molar-refractivity contribution in [3.8, 4) is 0 Å². The molecule has 0 saturated carbocycles. The van der Waals surface area contributed by atoms with Crippen molar-refractivity contribution in [1.82, 2.24) is 0 Å². The lowest BCUT2D eigenvalue weighted by molar-refractivity contribution is -0.117. The topological polar surface area (TPSA) is 244 Å². The van der Waals surface area contributed by atoms with Crippen molar-refractivity contribution in [3.05, 3.63) is 48.6 Å². The summed E-state index contributed by atoms with van der Waals surface area (Å²) in [6.45, 7) is 15.7. The Labute approximate surface area is 720 Å². The molecule has 13 heteroatoms. The van der Waals surface area contributed by atoms with E-state index in [9.17, 15) is 44.1 Å². The number of carbonyl (C=O) groups is 6. The molecule has 0 rings (SSSR count). The van der Waals surface area contributed by atoms with Crippen molar-refractivity contribution < 1.29 is 64.5 Å². The molecule has 0 aliphatic carbocycles. The largest absolute Gasteiger partial charge is 0.396 e. The number of rotatable bonds is 84. The smallest absolute Gasteiger partial charge is 0.129 e. The average molecular weight is 1650 g/mol. The van der Waals surface area contributed by atoms with Gasteiger partial charge in [0.1, 0.15) is 34.7 Å². The van der Waals surface area contributed by atoms with E-state index in [2.05, 4.69) is 62.5 Å². The number of aliphatic hydroxyl groups excluding tert-OH is 7. The highest BCUT2D eigenvalue weighted by Crippen LogP contribution is 2.19. The van der Waals surface area contributed by atoms with Gasteiger partial charge in [-0.3, -0.25) is 0 Å². The Morgan fingerprint density at radius 3 is 0.500 bits per heavy atom. The predicted octanol–water partition coefficient (Wildman–Crippen LogP) is 28.9. The third-order valence-electron chi connectivity index (χ3n) is 20.9. The lowest BCUT2D eigenvalue weighted by Crippen LogP contribution is -2.25. The van der Waals surface area contributed by atoms with Gasteiger partial charge in [0.05, 0.1) is 18.3 Å². The van der Waals surface area contributed by atoms with Crippen LogP contribution in [-0.2, 0) is 28.8 Å². The quantitative estimate of drug-likeness (QED) is 0.0222. The van der Waals surface area contributed by atoms with Crippen molar-refractivity contribution in [1.29, 1.82) is 0 Å². The van der Waals surface area contributed by atoms with Gasteiger partial charge in [-0.2, -0.15) is 0 Å². The van der Waals surface area contributed by atoms with Gasteiger partial charge < -0.3 is 64.5 Å². The number of hydrogen-bond donors (Lipinski definition) is 7. The molecule has 7 N–H and O–H groups in total. The van der Waals surface area contributed by atoms with Crippen LogP contribution in [0.3, 0.4) is 0 Å². The van der Waals surface area contributed by atoms with Crippen molar-refractivity contribution >= 4 is 34.7 Å². The number of Topliss-reactive ketones (excluding diaryl/α,β-unsaturated/α-hetero) is 6. The van der Waals surface area contributed by atoms with Crippen LogP contribution in [0.4, 0.5) is 0 Å². The van der Waals surface area contributed by atoms with Gasteiger partial charge in [0.2, 0.25) is 0 Å². The summed E-state index contributed by atoms with van der Waals surface area (Å²) in [6.07, 6.45) is 99.3. The Morgan fingerprint density at radius 1 is 0.198 bits per heavy atom. The van der Waals surface area contributed by atoms with Gasteiger partial charge in [0, 0.05) is 65.0 Å². The summed E-state index contributed by atoms with van der Waals surface area (Å²) in [4.78, 5) is 64.5. The number of unbranched alkanes of at least 4 members (excludes halogenated alkanes) is 51. The molecule has 116 heavy (non-hydrogen) atoms. The Morgan fingerprint density at radius 2 is 0.336 bits per heavy atom. The van der Waals surface area contributed by atoms with Crippen LogP contribution in [0.2, 0.25) is 0 Å². The maximum atomic E-state index is 10.8. The molecule has 0 aliphatic rings. The van der Waals surface area contributed by atoms with E-state index in [1.54, 1.807) is 41.5 Å². The van der Waals surface area contributed by atoms with E-state index in [-0.39, 0.29) is 32.5 Å². The van der Waals surface area contributed by atoms with Crippen molar-refractivity contribution in [2.45, 2.75) is 550 Å². The molecule has 13 nitrogen and oxygen atoms in total. The third kappa shape index (κ3) is 140. The Balaban J connectivity index is -0.000000246. The molecule has 0 radical (unpaired) electrons. The third-order valence-corrected chi connectivity index (χ3v) is 20.9. The van der Waals surface area contributed by atoms with Crippen molar-refractivity contribution in [3.63, 3.8) is 0 Å². The summed E-state index contributed by atoms with van der Waals surface area (Å²) in [5, 5.41) is 64.1. The fourth-order valence-corrected chi connectivity index (χ4v) is 13.4. The monoisotopic (exact) mass is 1650 g/mol. The molecule has 0 aliphatic heterocycles. The summed E-state index contributed by atoms with van der Waals surface area (Å²) in [6, 6.07) is 0. The second kappa shape index (κ2) is 116. The van der Waals surface area contributed by atoms with Crippen molar-refractivity contribution in [2.75, 3.05) is 26.4 Å². The average Bonchev–Trinajstić information content (AvgIpc) is 0.974. The van der Waals surface area contributed by atoms with Gasteiger partial charge >= 0.3 is 0 Å². The molecular weight excluding hydrogens is 1450 g/mol. The van der Waals surface area contributed by atoms with E-state index in [1.807, 2.05) is 0 Å². The van der Waals surface area contributed by atoms with Crippen molar-refractivity contribution in [2.24, 2.45) is 0 Å². The predicted molar refractivity (Wildman–Crippen MR) is 502 cm³/mol. The van der Waals surface area contributed by atoms with E-state index in [0.29, 0.717) is 61.4 Å². The molecular formula is C103H200O13. The summed E-state index contributed by atoms with van der Waals surface area (Å²) in [7, 11) is 0. The van der Waals surface area contributed by atoms with E-state index >= 15 is 0 Å². The van der Waals surface area contributed by atoms with Crippen LogP contribution in [0, 0.1) is 0 Å². The fraction of sp³-hybridized carbons (Fsp3) is 0.864. The lowest BCUT2D eigenvalue weighted by atomic mass is 10.00. The molecule has 3 unspecified atom stereocenters. The minimum Gasteiger partial charge on any atom is -0.396 e. The van der Waals surface area contributed by atoms with Gasteiger partial charge in [-0.05, 0) is 234 Å². The molecule has 690 valence electrons. The van der Waals surface area contributed by atoms with Crippen LogP contribution in [0.1, 0.15) is 532 Å². The molecule has 0 amide bonds. The van der Waals surface area contributed by atoms with E-state index in [1.165, 1.54) is 250 Å². The second-order valence-electron chi connectivity index (χ2n) is 33.5. The first kappa shape index (κ1) is 126. The minimum atomic E-state index is -0.614. The Hall–Kier alpha value is -3.30. The first-order chi connectivity index (χ1) is 55.8. The molecule has 0 fully saturated rings. The van der Waals surface area contributed by atoms with Crippen LogP contribution >= 0.6 is 0 Å². The number of ketones is 6. The normalized spacial score (nSPS) is 11.9. The number of hydrogen-bond acceptors (Lipinski definition) is 13. The van der Waals surface area contributed by atoms with Crippen LogP contribution < -0.4 is 0 Å². The zero-order chi connectivity index (χ0) is 86.3. The van der Waals surface area contributed by atoms with Gasteiger partial charge in [-0.15, -0.1) is 0 Å². The first-order valence-electron chi connectivity index (χ1n) is 48.9. The molecule has 0 saturated heterocycles. The maximum absolute atomic E-state index is 10.8. The minimum absolute atomic E-state index is 0. The molecule has 0 aromatic rings. The van der Waals surface area contributed by atoms with Gasteiger partial charge in [0.15, 0.2) is 0 Å². The Kier molecular flexibility index (Phi) is 126. The summed E-state index contributed by atoms with van der Waals surface area (Å²) in [5.41, 5.74) is 0. The zero-order valence-electron chi connectivity index (χ0n) is 77.4. The number of carbonyl (C=O) groups excluding carboxylic acids is 6. The van der Waals surface area contributed by atoms with Gasteiger partial charge in [-0.25, -0.2) is 0 Å². The molecule has 0 spiro atoms. The first-order valence-corrected chi connectivity index (χ1v) is 48.9. The zero-order valence-corrected chi connectivity index (χ0v) is 77.4. The number of aliphatic hydroxyl groups is 7. The van der Waals surface area contributed by atoms with Gasteiger partial charge in [-0.1, -0.05) is 307 Å². The SMILES string of the molecule is C.CC(=O)CCCCCCC/C=C/CCCCCCO.CC(=O)CCCCCCC/C=C\CCCCCCO.CC(=O)CCCCCCCC(O)C(O)CCCCCCO.CC(=O)CCCCCCCCC(O)CCCCCCO.CCCCCC/C=C/CCCCCCCC(C)=O.CCCCCC/C=C\CCCCCCCC(C)=O. The Bertz CT molecular complexity index is 1960. The molecule has 0 bridgehead atoms. The highest BCUT2D eigenvalue weighted by atomic mass is 16.3. The summed E-state index contributed by atoms with van der Waals surface area (Å²) in [5.74, 6) is 1.87. The van der Waals surface area contributed by atoms with Crippen LogP contribution in [-0.4, -0.2) is 115 Å². The van der Waals surface area contributed by atoms with Crippen LogP contribution in [0.15, 0.2) is 48.6 Å². The standard InChI is InChI=1S/C17H34O4.C17H34O3.2C17H32O2.2C17H32O.CH4/c1-15(19)11-7-3-2-4-8-12-16(20)17(21)13-9-5-6-10-14-18;1-16(19)12-8-4-2-3-5-9-13-17(20)14-10-6-7-11-15-18;2*1-17(19)15-13-11-9-7-5-3-2-4-6-8-10-12-14-16-18;2*1-3-4-5-6-7-8-9-10-11-12-13-14-15-16-17(2)18;/h16-18,20-21H,2-14H2,1H3;17-18,20H,2-15H2,1H3;2*2,4,18H,3,5-16H2,1H3;2*8-9H,3-7,10-16H2,1-2H3;1H4/b;;4-2+;4-2-;9-8+;9-8-;.